The van der Waals surface area contributed by atoms with Gasteiger partial charge in [-0.1, -0.05) is 38.0 Å². The number of aromatic nitrogens is 1. The third-order valence-corrected chi connectivity index (χ3v) is 3.41. The van der Waals surface area contributed by atoms with Crippen LogP contribution in [0.25, 0.3) is 0 Å². The summed E-state index contributed by atoms with van der Waals surface area (Å²) in [6.07, 6.45) is 5.37. The summed E-state index contributed by atoms with van der Waals surface area (Å²) in [4.78, 5) is 16.2. The van der Waals surface area contributed by atoms with Gasteiger partial charge in [0.05, 0.1) is 0 Å². The summed E-state index contributed by atoms with van der Waals surface area (Å²) in [5, 5.41) is 6.19. The van der Waals surface area contributed by atoms with E-state index in [4.69, 9.17) is 0 Å². The average molecular weight is 297 g/mol. The van der Waals surface area contributed by atoms with Gasteiger partial charge in [-0.3, -0.25) is 4.79 Å². The van der Waals surface area contributed by atoms with E-state index < -0.39 is 0 Å². The molecule has 2 aromatic rings. The topological polar surface area (TPSA) is 54.0 Å². The number of nitrogens with zero attached hydrogens (tertiary/aromatic N) is 1. The van der Waals surface area contributed by atoms with Crippen molar-refractivity contribution >= 4 is 11.7 Å². The molecule has 22 heavy (non-hydrogen) atoms. The Labute approximate surface area is 132 Å². The van der Waals surface area contributed by atoms with Crippen LogP contribution in [0, 0.1) is 0 Å². The van der Waals surface area contributed by atoms with E-state index in [1.54, 1.807) is 12.3 Å². The molecule has 1 aromatic carbocycles. The maximum atomic E-state index is 12.1. The van der Waals surface area contributed by atoms with Gasteiger partial charge in [-0.15, -0.1) is 0 Å². The molecule has 116 valence electrons. The van der Waals surface area contributed by atoms with Crippen LogP contribution in [0.1, 0.15) is 42.1 Å². The highest BCUT2D eigenvalue weighted by Crippen LogP contribution is 2.08. The molecule has 0 saturated carbocycles. The smallest absolute Gasteiger partial charge is 0.256 e. The number of carbonyl (C=O) groups is 1. The number of anilines is 1. The predicted molar refractivity (Wildman–Crippen MR) is 89.9 cm³/mol. The molecule has 2 N–H and O–H groups in total. The first-order valence-corrected chi connectivity index (χ1v) is 7.81. The van der Waals surface area contributed by atoms with Gasteiger partial charge in [0.25, 0.3) is 5.91 Å². The van der Waals surface area contributed by atoms with Crippen molar-refractivity contribution in [2.24, 2.45) is 0 Å². The molecule has 0 bridgehead atoms. The summed E-state index contributed by atoms with van der Waals surface area (Å²) < 4.78 is 0. The number of nitrogens with one attached hydrogen (secondary N) is 2. The molecule has 4 nitrogen and oxygen atoms in total. The Kier molecular flexibility index (Phi) is 6.58. The van der Waals surface area contributed by atoms with Crippen molar-refractivity contribution in [1.82, 2.24) is 10.3 Å². The van der Waals surface area contributed by atoms with Crippen LogP contribution < -0.4 is 10.6 Å². The minimum atomic E-state index is -0.138. The molecule has 0 radical (unpaired) electrons. The van der Waals surface area contributed by atoms with Crippen LogP contribution in [0.5, 0.6) is 0 Å². The van der Waals surface area contributed by atoms with Crippen molar-refractivity contribution in [3.8, 4) is 0 Å². The molecular weight excluding hydrogens is 274 g/mol. The van der Waals surface area contributed by atoms with E-state index in [9.17, 15) is 4.79 Å². The largest absolute Gasteiger partial charge is 0.313 e. The van der Waals surface area contributed by atoms with Gasteiger partial charge in [0.1, 0.15) is 5.82 Å². The zero-order chi connectivity index (χ0) is 15.6. The molecule has 1 amide bonds. The van der Waals surface area contributed by atoms with Crippen molar-refractivity contribution in [3.63, 3.8) is 0 Å². The van der Waals surface area contributed by atoms with Gasteiger partial charge in [0, 0.05) is 18.3 Å². The lowest BCUT2D eigenvalue weighted by atomic mass is 10.1. The summed E-state index contributed by atoms with van der Waals surface area (Å²) in [5.41, 5.74) is 1.83. The van der Waals surface area contributed by atoms with Gasteiger partial charge < -0.3 is 10.6 Å². The second kappa shape index (κ2) is 8.95. The van der Waals surface area contributed by atoms with E-state index in [1.165, 1.54) is 24.8 Å². The third kappa shape index (κ3) is 5.30. The minimum absolute atomic E-state index is 0.138. The fourth-order valence-corrected chi connectivity index (χ4v) is 2.13. The second-order valence-electron chi connectivity index (χ2n) is 5.25. The van der Waals surface area contributed by atoms with Gasteiger partial charge in [-0.25, -0.2) is 4.98 Å². The molecule has 0 atom stereocenters. The summed E-state index contributed by atoms with van der Waals surface area (Å²) in [6, 6.07) is 13.1. The molecule has 2 rings (SSSR count). The number of hydrogen-bond acceptors (Lipinski definition) is 3. The predicted octanol–water partition coefficient (Wildman–Crippen LogP) is 3.61. The average Bonchev–Trinajstić information content (AvgIpc) is 2.56. The van der Waals surface area contributed by atoms with Gasteiger partial charge in [0.2, 0.25) is 0 Å². The van der Waals surface area contributed by atoms with Crippen molar-refractivity contribution < 1.29 is 4.79 Å². The lowest BCUT2D eigenvalue weighted by Gasteiger charge is -2.07. The molecule has 0 saturated heterocycles. The molecule has 1 heterocycles. The number of benzene rings is 1. The molecule has 0 aliphatic carbocycles. The van der Waals surface area contributed by atoms with Crippen molar-refractivity contribution in [2.45, 2.75) is 32.7 Å². The first-order chi connectivity index (χ1) is 10.8. The van der Waals surface area contributed by atoms with Crippen LogP contribution >= 0.6 is 0 Å². The molecule has 0 aliphatic rings. The Balaban J connectivity index is 1.82. The molecule has 0 unspecified atom stereocenters. The first kappa shape index (κ1) is 16.2. The summed E-state index contributed by atoms with van der Waals surface area (Å²) >= 11 is 0. The number of hydrogen-bond donors (Lipinski definition) is 2. The number of carbonyl (C=O) groups excluding carboxylic acids is 1. The van der Waals surface area contributed by atoms with E-state index >= 15 is 0 Å². The Morgan fingerprint density at radius 2 is 1.91 bits per heavy atom. The van der Waals surface area contributed by atoms with Crippen LogP contribution in [0.15, 0.2) is 48.7 Å². The van der Waals surface area contributed by atoms with Crippen molar-refractivity contribution in [3.05, 3.63) is 59.8 Å². The van der Waals surface area contributed by atoms with E-state index in [2.05, 4.69) is 22.5 Å². The molecule has 1 aromatic heterocycles. The normalized spacial score (nSPS) is 10.4. The third-order valence-electron chi connectivity index (χ3n) is 3.41. The monoisotopic (exact) mass is 297 g/mol. The van der Waals surface area contributed by atoms with Gasteiger partial charge >= 0.3 is 0 Å². The van der Waals surface area contributed by atoms with Gasteiger partial charge in [-0.2, -0.15) is 0 Å². The fourth-order valence-electron chi connectivity index (χ4n) is 2.13. The summed E-state index contributed by atoms with van der Waals surface area (Å²) in [7, 11) is 0. The highest BCUT2D eigenvalue weighted by atomic mass is 16.1. The zero-order valence-corrected chi connectivity index (χ0v) is 13.0. The van der Waals surface area contributed by atoms with E-state index in [0.29, 0.717) is 11.4 Å². The Bertz CT molecular complexity index is 567. The minimum Gasteiger partial charge on any atom is -0.313 e. The second-order valence-corrected chi connectivity index (χ2v) is 5.25. The number of unbranched alkanes of at least 4 members (excludes halogenated alkanes) is 2. The standard InChI is InChI=1S/C18H23N3O/c1-2-3-5-12-19-14-15-8-10-16(11-9-15)18(22)21-17-7-4-6-13-20-17/h4,6-11,13,19H,2-3,5,12,14H2,1H3,(H,20,21,22). The van der Waals surface area contributed by atoms with Crippen molar-refractivity contribution in [1.29, 1.82) is 0 Å². The zero-order valence-electron chi connectivity index (χ0n) is 13.0. The van der Waals surface area contributed by atoms with Crippen LogP contribution in [-0.4, -0.2) is 17.4 Å². The maximum absolute atomic E-state index is 12.1. The lowest BCUT2D eigenvalue weighted by molar-refractivity contribution is 0.102. The van der Waals surface area contributed by atoms with Gasteiger partial charge in [0.15, 0.2) is 0 Å². The summed E-state index contributed by atoms with van der Waals surface area (Å²) in [5.74, 6) is 0.426. The highest BCUT2D eigenvalue weighted by Gasteiger charge is 2.06. The lowest BCUT2D eigenvalue weighted by Crippen LogP contribution is -2.15. The molecule has 0 aliphatic heterocycles. The van der Waals surface area contributed by atoms with E-state index in [0.717, 1.165) is 13.1 Å². The quantitative estimate of drug-likeness (QED) is 0.732. The highest BCUT2D eigenvalue weighted by molar-refractivity contribution is 6.03. The van der Waals surface area contributed by atoms with Crippen LogP contribution in [-0.2, 0) is 6.54 Å². The fraction of sp³-hybridized carbons (Fsp3) is 0.333. The molecule has 4 heteroatoms. The van der Waals surface area contributed by atoms with Crippen molar-refractivity contribution in [2.75, 3.05) is 11.9 Å². The molecule has 0 fully saturated rings. The SMILES string of the molecule is CCCCCNCc1ccc(C(=O)Nc2ccccn2)cc1. The number of pyridine rings is 1. The number of amides is 1. The molecule has 0 spiro atoms. The van der Waals surface area contributed by atoms with Crippen LogP contribution in [0.2, 0.25) is 0 Å². The molecular formula is C18H23N3O. The van der Waals surface area contributed by atoms with E-state index in [-0.39, 0.29) is 5.91 Å². The summed E-state index contributed by atoms with van der Waals surface area (Å²) in [6.45, 7) is 4.08. The Morgan fingerprint density at radius 1 is 1.09 bits per heavy atom. The number of rotatable bonds is 8. The Morgan fingerprint density at radius 3 is 2.59 bits per heavy atom. The van der Waals surface area contributed by atoms with Crippen LogP contribution in [0.4, 0.5) is 5.82 Å². The van der Waals surface area contributed by atoms with Gasteiger partial charge in [-0.05, 0) is 42.8 Å². The maximum Gasteiger partial charge on any atom is 0.256 e. The Hall–Kier alpha value is -2.20. The van der Waals surface area contributed by atoms with Crippen LogP contribution in [0.3, 0.4) is 0 Å². The van der Waals surface area contributed by atoms with E-state index in [1.807, 2.05) is 36.4 Å². The first-order valence-electron chi connectivity index (χ1n) is 7.81.